The SMILES string of the molecule is Cc1ccc(C(=O)C=C(NC2CCCCC2)C2CC2)cc1. The fraction of sp³-hybridized carbons (Fsp3) is 0.526. The van der Waals surface area contributed by atoms with Crippen LogP contribution in [0, 0.1) is 12.8 Å². The van der Waals surface area contributed by atoms with E-state index in [1.165, 1.54) is 56.2 Å². The minimum atomic E-state index is 0.139. The highest BCUT2D eigenvalue weighted by Crippen LogP contribution is 2.36. The Balaban J connectivity index is 1.70. The van der Waals surface area contributed by atoms with Crippen LogP contribution in [0.3, 0.4) is 0 Å². The van der Waals surface area contributed by atoms with Gasteiger partial charge in [-0.25, -0.2) is 0 Å². The van der Waals surface area contributed by atoms with Crippen molar-refractivity contribution >= 4 is 5.78 Å². The van der Waals surface area contributed by atoms with Crippen molar-refractivity contribution in [2.24, 2.45) is 5.92 Å². The van der Waals surface area contributed by atoms with Crippen molar-refractivity contribution in [1.82, 2.24) is 5.32 Å². The van der Waals surface area contributed by atoms with Crippen LogP contribution >= 0.6 is 0 Å². The minimum absolute atomic E-state index is 0.139. The van der Waals surface area contributed by atoms with Gasteiger partial charge in [0.1, 0.15) is 0 Å². The summed E-state index contributed by atoms with van der Waals surface area (Å²) in [7, 11) is 0. The zero-order chi connectivity index (χ0) is 14.7. The molecule has 112 valence electrons. The number of nitrogens with one attached hydrogen (secondary N) is 1. The number of carbonyl (C=O) groups excluding carboxylic acids is 1. The van der Waals surface area contributed by atoms with Gasteiger partial charge in [-0.15, -0.1) is 0 Å². The average Bonchev–Trinajstić information content (AvgIpc) is 3.33. The number of aryl methyl sites for hydroxylation is 1. The second-order valence-corrected chi connectivity index (χ2v) is 6.58. The lowest BCUT2D eigenvalue weighted by Gasteiger charge is -2.25. The lowest BCUT2D eigenvalue weighted by molar-refractivity contribution is 0.104. The molecule has 1 aromatic carbocycles. The molecule has 0 amide bonds. The van der Waals surface area contributed by atoms with E-state index in [-0.39, 0.29) is 5.78 Å². The molecule has 0 bridgehead atoms. The molecule has 2 saturated carbocycles. The van der Waals surface area contributed by atoms with Crippen LogP contribution in [0.4, 0.5) is 0 Å². The Labute approximate surface area is 127 Å². The van der Waals surface area contributed by atoms with Crippen molar-refractivity contribution in [1.29, 1.82) is 0 Å². The van der Waals surface area contributed by atoms with Crippen molar-refractivity contribution < 1.29 is 4.79 Å². The summed E-state index contributed by atoms with van der Waals surface area (Å²) in [5.41, 5.74) is 3.18. The highest BCUT2D eigenvalue weighted by molar-refractivity contribution is 6.04. The lowest BCUT2D eigenvalue weighted by Crippen LogP contribution is -2.31. The fourth-order valence-corrected chi connectivity index (χ4v) is 3.10. The standard InChI is InChI=1S/C19H25NO/c1-14-7-9-16(10-8-14)19(21)13-18(15-11-12-15)20-17-5-3-2-4-6-17/h7-10,13,15,17,20H,2-6,11-12H2,1H3. The van der Waals surface area contributed by atoms with Crippen LogP contribution in [0.1, 0.15) is 60.9 Å². The van der Waals surface area contributed by atoms with E-state index in [9.17, 15) is 4.79 Å². The first-order valence-electron chi connectivity index (χ1n) is 8.31. The molecule has 0 aliphatic heterocycles. The van der Waals surface area contributed by atoms with Gasteiger partial charge in [-0.3, -0.25) is 4.79 Å². The van der Waals surface area contributed by atoms with Gasteiger partial charge in [-0.2, -0.15) is 0 Å². The lowest BCUT2D eigenvalue weighted by atomic mass is 9.95. The molecule has 0 spiro atoms. The molecule has 0 heterocycles. The van der Waals surface area contributed by atoms with Crippen molar-refractivity contribution in [3.05, 3.63) is 47.2 Å². The van der Waals surface area contributed by atoms with E-state index in [4.69, 9.17) is 0 Å². The third kappa shape index (κ3) is 3.96. The first-order chi connectivity index (χ1) is 10.2. The Morgan fingerprint density at radius 2 is 1.71 bits per heavy atom. The topological polar surface area (TPSA) is 29.1 Å². The third-order valence-electron chi connectivity index (χ3n) is 4.62. The van der Waals surface area contributed by atoms with Gasteiger partial charge >= 0.3 is 0 Å². The van der Waals surface area contributed by atoms with Crippen LogP contribution in [0.5, 0.6) is 0 Å². The number of ketones is 1. The Hall–Kier alpha value is -1.57. The number of carbonyl (C=O) groups is 1. The minimum Gasteiger partial charge on any atom is -0.385 e. The van der Waals surface area contributed by atoms with Gasteiger partial charge in [0.15, 0.2) is 5.78 Å². The molecule has 21 heavy (non-hydrogen) atoms. The van der Waals surface area contributed by atoms with Crippen LogP contribution in [0.25, 0.3) is 0 Å². The second kappa shape index (κ2) is 6.46. The number of hydrogen-bond donors (Lipinski definition) is 1. The summed E-state index contributed by atoms with van der Waals surface area (Å²) in [5.74, 6) is 0.738. The molecule has 2 aliphatic rings. The number of rotatable bonds is 5. The van der Waals surface area contributed by atoms with E-state index in [0.717, 1.165) is 5.56 Å². The molecule has 1 aromatic rings. The van der Waals surface area contributed by atoms with Gasteiger partial charge in [0.2, 0.25) is 0 Å². The summed E-state index contributed by atoms with van der Waals surface area (Å²) in [6.45, 7) is 2.05. The molecule has 0 radical (unpaired) electrons. The van der Waals surface area contributed by atoms with Crippen LogP contribution < -0.4 is 5.32 Å². The molecule has 0 aromatic heterocycles. The summed E-state index contributed by atoms with van der Waals surface area (Å²) in [5, 5.41) is 3.67. The first-order valence-corrected chi connectivity index (χ1v) is 8.31. The van der Waals surface area contributed by atoms with E-state index >= 15 is 0 Å². The maximum atomic E-state index is 12.4. The Morgan fingerprint density at radius 3 is 2.33 bits per heavy atom. The van der Waals surface area contributed by atoms with Gasteiger partial charge < -0.3 is 5.32 Å². The Bertz CT molecular complexity index is 519. The molecule has 2 nitrogen and oxygen atoms in total. The predicted molar refractivity (Wildman–Crippen MR) is 86.3 cm³/mol. The van der Waals surface area contributed by atoms with Crippen LogP contribution in [0.15, 0.2) is 36.0 Å². The maximum Gasteiger partial charge on any atom is 0.187 e. The Kier molecular flexibility index (Phi) is 4.42. The van der Waals surface area contributed by atoms with E-state index in [2.05, 4.69) is 5.32 Å². The number of allylic oxidation sites excluding steroid dienone is 2. The van der Waals surface area contributed by atoms with Crippen molar-refractivity contribution in [2.45, 2.75) is 57.9 Å². The largest absolute Gasteiger partial charge is 0.385 e. The van der Waals surface area contributed by atoms with E-state index in [0.29, 0.717) is 12.0 Å². The van der Waals surface area contributed by atoms with Crippen LogP contribution in [0.2, 0.25) is 0 Å². The smallest absolute Gasteiger partial charge is 0.187 e. The molecule has 2 aliphatic carbocycles. The van der Waals surface area contributed by atoms with E-state index in [1.807, 2.05) is 37.3 Å². The highest BCUT2D eigenvalue weighted by Gasteiger charge is 2.28. The zero-order valence-corrected chi connectivity index (χ0v) is 12.9. The molecule has 2 fully saturated rings. The van der Waals surface area contributed by atoms with Crippen molar-refractivity contribution in [3.8, 4) is 0 Å². The quantitative estimate of drug-likeness (QED) is 0.641. The zero-order valence-electron chi connectivity index (χ0n) is 12.9. The summed E-state index contributed by atoms with van der Waals surface area (Å²) >= 11 is 0. The van der Waals surface area contributed by atoms with Crippen molar-refractivity contribution in [2.75, 3.05) is 0 Å². The van der Waals surface area contributed by atoms with Gasteiger partial charge in [-0.1, -0.05) is 49.1 Å². The average molecular weight is 283 g/mol. The molecule has 2 heteroatoms. The Morgan fingerprint density at radius 1 is 1.05 bits per heavy atom. The molecule has 0 saturated heterocycles. The number of benzene rings is 1. The molecule has 3 rings (SSSR count). The molecule has 0 unspecified atom stereocenters. The van der Waals surface area contributed by atoms with Gasteiger partial charge in [0.25, 0.3) is 0 Å². The summed E-state index contributed by atoms with van der Waals surface area (Å²) < 4.78 is 0. The monoisotopic (exact) mass is 283 g/mol. The second-order valence-electron chi connectivity index (χ2n) is 6.58. The third-order valence-corrected chi connectivity index (χ3v) is 4.62. The van der Waals surface area contributed by atoms with E-state index < -0.39 is 0 Å². The summed E-state index contributed by atoms with van der Waals surface area (Å²) in [6, 6.07) is 8.45. The predicted octanol–water partition coefficient (Wildman–Crippen LogP) is 4.39. The molecular formula is C19H25NO. The summed E-state index contributed by atoms with van der Waals surface area (Å²) in [4.78, 5) is 12.4. The normalized spacial score (nSPS) is 20.3. The van der Waals surface area contributed by atoms with Crippen LogP contribution in [-0.2, 0) is 0 Å². The molecule has 1 N–H and O–H groups in total. The molecular weight excluding hydrogens is 258 g/mol. The van der Waals surface area contributed by atoms with Gasteiger partial charge in [-0.05, 0) is 38.5 Å². The van der Waals surface area contributed by atoms with Gasteiger partial charge in [0.05, 0.1) is 0 Å². The number of hydrogen-bond acceptors (Lipinski definition) is 2. The van der Waals surface area contributed by atoms with Gasteiger partial charge in [0, 0.05) is 23.4 Å². The van der Waals surface area contributed by atoms with Crippen molar-refractivity contribution in [3.63, 3.8) is 0 Å². The first kappa shape index (κ1) is 14.4. The summed E-state index contributed by atoms with van der Waals surface area (Å²) in [6.07, 6.45) is 10.8. The fourth-order valence-electron chi connectivity index (χ4n) is 3.10. The van der Waals surface area contributed by atoms with E-state index in [1.54, 1.807) is 0 Å². The van der Waals surface area contributed by atoms with Crippen LogP contribution in [-0.4, -0.2) is 11.8 Å². The highest BCUT2D eigenvalue weighted by atomic mass is 16.1. The molecule has 0 atom stereocenters. The maximum absolute atomic E-state index is 12.4.